The Labute approximate surface area is 149 Å². The Bertz CT molecular complexity index is 714. The smallest absolute Gasteiger partial charge is 0.388 e. The van der Waals surface area contributed by atoms with Gasteiger partial charge in [0.2, 0.25) is 11.8 Å². The Morgan fingerprint density at radius 1 is 1.31 bits per heavy atom. The van der Waals surface area contributed by atoms with Crippen LogP contribution in [0.3, 0.4) is 0 Å². The van der Waals surface area contributed by atoms with Gasteiger partial charge in [0, 0.05) is 18.2 Å². The Kier molecular flexibility index (Phi) is 5.82. The number of ether oxygens (including phenoxy) is 2. The van der Waals surface area contributed by atoms with Crippen LogP contribution in [0.1, 0.15) is 33.1 Å². The van der Waals surface area contributed by atoms with E-state index in [1.807, 2.05) is 0 Å². The number of aromatic amines is 1. The van der Waals surface area contributed by atoms with E-state index in [9.17, 15) is 8.78 Å². The molecule has 3 heterocycles. The average Bonchev–Trinajstić information content (AvgIpc) is 3.00. The van der Waals surface area contributed by atoms with Crippen LogP contribution in [-0.4, -0.2) is 45.0 Å². The van der Waals surface area contributed by atoms with E-state index in [0.29, 0.717) is 29.6 Å². The van der Waals surface area contributed by atoms with Crippen LogP contribution >= 0.6 is 0 Å². The number of aromatic nitrogens is 4. The molecule has 1 saturated heterocycles. The maximum absolute atomic E-state index is 12.2. The lowest BCUT2D eigenvalue weighted by Gasteiger charge is -2.34. The van der Waals surface area contributed by atoms with Gasteiger partial charge in [0.05, 0.1) is 12.4 Å². The molecule has 0 spiro atoms. The van der Waals surface area contributed by atoms with Crippen molar-refractivity contribution in [3.63, 3.8) is 0 Å². The second-order valence-corrected chi connectivity index (χ2v) is 6.25. The predicted octanol–water partition coefficient (Wildman–Crippen LogP) is 2.84. The summed E-state index contributed by atoms with van der Waals surface area (Å²) in [5, 5.41) is 12.6. The van der Waals surface area contributed by atoms with Gasteiger partial charge in [-0.1, -0.05) is 6.92 Å². The van der Waals surface area contributed by atoms with Gasteiger partial charge in [0.1, 0.15) is 11.9 Å². The van der Waals surface area contributed by atoms with Crippen molar-refractivity contribution in [3.8, 4) is 11.8 Å². The van der Waals surface area contributed by atoms with Gasteiger partial charge >= 0.3 is 6.61 Å². The molecule has 0 saturated carbocycles. The molecule has 8 nitrogen and oxygen atoms in total. The SMILES string of the molecule is CCC1CC(Oc2cncc(Nc3cc(OC(F)F)n[nH]3)n2)CC(C)N1. The summed E-state index contributed by atoms with van der Waals surface area (Å²) in [6, 6.07) is 2.12. The first-order valence-corrected chi connectivity index (χ1v) is 8.53. The van der Waals surface area contributed by atoms with Crippen molar-refractivity contribution < 1.29 is 18.3 Å². The standard InChI is InChI=1S/C16H22F2N6O2/c1-3-10-5-11(4-9(2)20-10)25-15-8-19-7-13(22-15)21-12-6-14(24-23-12)26-16(17)18/h6-11,16,20H,3-5H2,1-2H3,(H2,21,22,23,24). The van der Waals surface area contributed by atoms with Crippen molar-refractivity contribution >= 4 is 11.6 Å². The molecular formula is C16H22F2N6O2. The summed E-state index contributed by atoms with van der Waals surface area (Å²) in [5.41, 5.74) is 0. The molecule has 142 valence electrons. The minimum atomic E-state index is -2.93. The highest BCUT2D eigenvalue weighted by Crippen LogP contribution is 2.23. The van der Waals surface area contributed by atoms with E-state index in [2.05, 4.69) is 49.4 Å². The van der Waals surface area contributed by atoms with E-state index in [-0.39, 0.29) is 12.0 Å². The molecule has 2 aromatic rings. The Morgan fingerprint density at radius 2 is 2.15 bits per heavy atom. The Hall–Kier alpha value is -2.49. The van der Waals surface area contributed by atoms with Gasteiger partial charge in [-0.15, -0.1) is 5.10 Å². The fourth-order valence-electron chi connectivity index (χ4n) is 3.02. The quantitative estimate of drug-likeness (QED) is 0.691. The minimum Gasteiger partial charge on any atom is -0.473 e. The zero-order valence-electron chi connectivity index (χ0n) is 14.6. The van der Waals surface area contributed by atoms with Crippen LogP contribution in [0.5, 0.6) is 11.8 Å². The molecule has 0 bridgehead atoms. The third-order valence-electron chi connectivity index (χ3n) is 4.10. The second-order valence-electron chi connectivity index (χ2n) is 6.25. The first-order chi connectivity index (χ1) is 12.5. The number of halogens is 2. The maximum atomic E-state index is 12.2. The van der Waals surface area contributed by atoms with Crippen LogP contribution in [0.15, 0.2) is 18.5 Å². The molecule has 0 radical (unpaired) electrons. The molecule has 0 aliphatic carbocycles. The highest BCUT2D eigenvalue weighted by Gasteiger charge is 2.26. The Morgan fingerprint density at radius 3 is 2.92 bits per heavy atom. The van der Waals surface area contributed by atoms with Gasteiger partial charge in [-0.3, -0.25) is 10.1 Å². The lowest BCUT2D eigenvalue weighted by Crippen LogP contribution is -2.47. The molecule has 0 aromatic carbocycles. The normalized spacial score (nSPS) is 23.0. The largest absolute Gasteiger partial charge is 0.473 e. The fraction of sp³-hybridized carbons (Fsp3) is 0.562. The predicted molar refractivity (Wildman–Crippen MR) is 90.9 cm³/mol. The number of piperidine rings is 1. The lowest BCUT2D eigenvalue weighted by molar-refractivity contribution is -0.0528. The second kappa shape index (κ2) is 8.26. The molecule has 1 fully saturated rings. The molecule has 3 N–H and O–H groups in total. The van der Waals surface area contributed by atoms with Gasteiger partial charge in [-0.2, -0.15) is 13.8 Å². The van der Waals surface area contributed by atoms with Crippen molar-refractivity contribution in [2.24, 2.45) is 0 Å². The van der Waals surface area contributed by atoms with E-state index < -0.39 is 6.61 Å². The summed E-state index contributed by atoms with van der Waals surface area (Å²) >= 11 is 0. The van der Waals surface area contributed by atoms with E-state index in [1.165, 1.54) is 12.3 Å². The number of alkyl halides is 2. The first kappa shape index (κ1) is 18.3. The summed E-state index contributed by atoms with van der Waals surface area (Å²) < 4.78 is 34.5. The zero-order valence-corrected chi connectivity index (χ0v) is 14.6. The third kappa shape index (κ3) is 5.01. The topological polar surface area (TPSA) is 97.0 Å². The van der Waals surface area contributed by atoms with Crippen LogP contribution in [0.4, 0.5) is 20.4 Å². The summed E-state index contributed by atoms with van der Waals surface area (Å²) in [6.07, 6.45) is 5.97. The number of anilines is 2. The van der Waals surface area contributed by atoms with Crippen molar-refractivity contribution in [3.05, 3.63) is 18.5 Å². The van der Waals surface area contributed by atoms with E-state index in [1.54, 1.807) is 6.20 Å². The molecule has 2 aromatic heterocycles. The highest BCUT2D eigenvalue weighted by molar-refractivity contribution is 5.51. The lowest BCUT2D eigenvalue weighted by atomic mass is 9.95. The number of H-pyrrole nitrogens is 1. The maximum Gasteiger partial charge on any atom is 0.388 e. The first-order valence-electron chi connectivity index (χ1n) is 8.53. The van der Waals surface area contributed by atoms with Crippen molar-refractivity contribution in [1.82, 2.24) is 25.5 Å². The van der Waals surface area contributed by atoms with Crippen LogP contribution in [0.25, 0.3) is 0 Å². The van der Waals surface area contributed by atoms with E-state index in [4.69, 9.17) is 4.74 Å². The molecule has 1 aliphatic heterocycles. The molecule has 3 rings (SSSR count). The zero-order chi connectivity index (χ0) is 18.5. The Balaban J connectivity index is 1.62. The molecule has 1 aliphatic rings. The number of nitrogens with zero attached hydrogens (tertiary/aromatic N) is 3. The van der Waals surface area contributed by atoms with Crippen LogP contribution in [-0.2, 0) is 0 Å². The molecule has 0 amide bonds. The number of hydrogen-bond acceptors (Lipinski definition) is 7. The summed E-state index contributed by atoms with van der Waals surface area (Å²) in [5.74, 6) is 0.960. The minimum absolute atomic E-state index is 0.0685. The molecule has 26 heavy (non-hydrogen) atoms. The van der Waals surface area contributed by atoms with Gasteiger partial charge in [-0.05, 0) is 26.2 Å². The number of rotatable bonds is 7. The van der Waals surface area contributed by atoms with Crippen molar-refractivity contribution in [1.29, 1.82) is 0 Å². The highest BCUT2D eigenvalue weighted by atomic mass is 19.3. The van der Waals surface area contributed by atoms with Crippen LogP contribution in [0.2, 0.25) is 0 Å². The summed E-state index contributed by atoms with van der Waals surface area (Å²) in [4.78, 5) is 8.46. The van der Waals surface area contributed by atoms with E-state index in [0.717, 1.165) is 19.3 Å². The fourth-order valence-corrected chi connectivity index (χ4v) is 3.02. The van der Waals surface area contributed by atoms with Gasteiger partial charge in [-0.25, -0.2) is 0 Å². The van der Waals surface area contributed by atoms with Crippen LogP contribution in [0, 0.1) is 0 Å². The van der Waals surface area contributed by atoms with E-state index >= 15 is 0 Å². The molecule has 10 heteroatoms. The van der Waals surface area contributed by atoms with Gasteiger partial charge in [0.15, 0.2) is 5.82 Å². The van der Waals surface area contributed by atoms with Gasteiger partial charge < -0.3 is 20.1 Å². The third-order valence-corrected chi connectivity index (χ3v) is 4.10. The van der Waals surface area contributed by atoms with Gasteiger partial charge in [0.25, 0.3) is 0 Å². The molecular weight excluding hydrogens is 346 g/mol. The molecule has 3 unspecified atom stereocenters. The monoisotopic (exact) mass is 368 g/mol. The summed E-state index contributed by atoms with van der Waals surface area (Å²) in [7, 11) is 0. The van der Waals surface area contributed by atoms with Crippen molar-refractivity contribution in [2.45, 2.75) is 57.9 Å². The number of hydrogen-bond donors (Lipinski definition) is 3. The molecule has 3 atom stereocenters. The number of nitrogens with one attached hydrogen (secondary N) is 3. The van der Waals surface area contributed by atoms with Crippen LogP contribution < -0.4 is 20.1 Å². The summed E-state index contributed by atoms with van der Waals surface area (Å²) in [6.45, 7) is 1.36. The average molecular weight is 368 g/mol. The van der Waals surface area contributed by atoms with Crippen molar-refractivity contribution in [2.75, 3.05) is 5.32 Å².